The topological polar surface area (TPSA) is 58.3 Å². The average molecular weight is 247 g/mol. The monoisotopic (exact) mass is 247 g/mol. The Hall–Kier alpha value is -1.36. The van der Waals surface area contributed by atoms with Gasteiger partial charge in [-0.3, -0.25) is 4.90 Å². The molecule has 0 amide bonds. The maximum Gasteiger partial charge on any atom is 0.137 e. The average Bonchev–Trinajstić information content (AvgIpc) is 2.85. The lowest BCUT2D eigenvalue weighted by Gasteiger charge is -2.38. The summed E-state index contributed by atoms with van der Waals surface area (Å²) in [5.74, 6) is 1.69. The van der Waals surface area contributed by atoms with E-state index in [-0.39, 0.29) is 0 Å². The number of hydrogen-bond acceptors (Lipinski definition) is 5. The van der Waals surface area contributed by atoms with Gasteiger partial charge in [-0.1, -0.05) is 6.92 Å². The molecule has 1 unspecified atom stereocenters. The van der Waals surface area contributed by atoms with Gasteiger partial charge in [0, 0.05) is 31.2 Å². The number of anilines is 2. The first-order valence-corrected chi connectivity index (χ1v) is 6.88. The molecule has 0 saturated carbocycles. The number of aromatic nitrogens is 2. The summed E-state index contributed by atoms with van der Waals surface area (Å²) < 4.78 is 0. The minimum absolute atomic E-state index is 0.636. The number of hydrogen-bond donors (Lipinski definition) is 1. The number of piperazine rings is 1. The van der Waals surface area contributed by atoms with Crippen LogP contribution in [-0.4, -0.2) is 47.1 Å². The molecular formula is C13H21N5. The van der Waals surface area contributed by atoms with Crippen molar-refractivity contribution in [2.45, 2.75) is 32.2 Å². The Morgan fingerprint density at radius 3 is 3.06 bits per heavy atom. The van der Waals surface area contributed by atoms with Gasteiger partial charge in [0.1, 0.15) is 18.0 Å². The highest BCUT2D eigenvalue weighted by molar-refractivity contribution is 5.57. The highest BCUT2D eigenvalue weighted by Crippen LogP contribution is 2.27. The summed E-state index contributed by atoms with van der Waals surface area (Å²) in [6.45, 7) is 6.68. The molecule has 1 atom stereocenters. The first-order chi connectivity index (χ1) is 8.79. The number of nitrogens with zero attached hydrogens (tertiary/aromatic N) is 4. The molecule has 3 heterocycles. The van der Waals surface area contributed by atoms with E-state index < -0.39 is 0 Å². The number of nitrogen functional groups attached to an aromatic ring is 1. The van der Waals surface area contributed by atoms with Crippen LogP contribution in [-0.2, 0) is 6.42 Å². The van der Waals surface area contributed by atoms with Crippen LogP contribution in [0.4, 0.5) is 11.6 Å². The van der Waals surface area contributed by atoms with Crippen LogP contribution in [0.15, 0.2) is 6.33 Å². The molecule has 2 aliphatic rings. The molecule has 5 nitrogen and oxygen atoms in total. The third kappa shape index (κ3) is 1.92. The lowest BCUT2D eigenvalue weighted by atomic mass is 10.1. The fourth-order valence-electron chi connectivity index (χ4n) is 3.21. The van der Waals surface area contributed by atoms with Gasteiger partial charge in [0.2, 0.25) is 0 Å². The molecule has 2 aliphatic heterocycles. The summed E-state index contributed by atoms with van der Waals surface area (Å²) in [5.41, 5.74) is 7.06. The summed E-state index contributed by atoms with van der Waals surface area (Å²) in [6.07, 6.45) is 5.14. The third-order valence-electron chi connectivity index (χ3n) is 4.20. The van der Waals surface area contributed by atoms with E-state index in [0.717, 1.165) is 37.4 Å². The highest BCUT2D eigenvalue weighted by atomic mass is 15.3. The van der Waals surface area contributed by atoms with Crippen LogP contribution in [0.5, 0.6) is 0 Å². The second-order valence-electron chi connectivity index (χ2n) is 5.19. The van der Waals surface area contributed by atoms with Gasteiger partial charge in [-0.15, -0.1) is 0 Å². The molecular weight excluding hydrogens is 226 g/mol. The Morgan fingerprint density at radius 1 is 1.33 bits per heavy atom. The van der Waals surface area contributed by atoms with Gasteiger partial charge in [0.15, 0.2) is 0 Å². The number of rotatable bonds is 2. The number of nitrogens with two attached hydrogens (primary N) is 1. The van der Waals surface area contributed by atoms with Crippen LogP contribution in [0.2, 0.25) is 0 Å². The summed E-state index contributed by atoms with van der Waals surface area (Å²) in [5, 5.41) is 0. The third-order valence-corrected chi connectivity index (χ3v) is 4.20. The van der Waals surface area contributed by atoms with Crippen LogP contribution in [0.25, 0.3) is 0 Å². The molecule has 98 valence electrons. The lowest BCUT2D eigenvalue weighted by Crippen LogP contribution is -2.50. The first-order valence-electron chi connectivity index (χ1n) is 6.88. The van der Waals surface area contributed by atoms with Crippen molar-refractivity contribution in [3.05, 3.63) is 11.9 Å². The van der Waals surface area contributed by atoms with Crippen molar-refractivity contribution in [3.63, 3.8) is 0 Å². The Labute approximate surface area is 108 Å². The van der Waals surface area contributed by atoms with E-state index in [1.165, 1.54) is 19.4 Å². The maximum atomic E-state index is 5.96. The zero-order valence-electron chi connectivity index (χ0n) is 11.0. The van der Waals surface area contributed by atoms with Gasteiger partial charge in [-0.25, -0.2) is 9.97 Å². The molecule has 5 heteroatoms. The molecule has 2 saturated heterocycles. The smallest absolute Gasteiger partial charge is 0.137 e. The fourth-order valence-corrected chi connectivity index (χ4v) is 3.21. The molecule has 2 fully saturated rings. The van der Waals surface area contributed by atoms with Crippen molar-refractivity contribution in [1.29, 1.82) is 0 Å². The van der Waals surface area contributed by atoms with Crippen molar-refractivity contribution in [2.75, 3.05) is 36.8 Å². The predicted octanol–water partition coefficient (Wildman–Crippen LogP) is 0.906. The summed E-state index contributed by atoms with van der Waals surface area (Å²) in [7, 11) is 0. The minimum Gasteiger partial charge on any atom is -0.383 e. The maximum absolute atomic E-state index is 5.96. The van der Waals surface area contributed by atoms with E-state index in [1.807, 2.05) is 0 Å². The molecule has 0 aliphatic carbocycles. The molecule has 2 N–H and O–H groups in total. The van der Waals surface area contributed by atoms with Crippen molar-refractivity contribution >= 4 is 11.6 Å². The Bertz CT molecular complexity index is 433. The predicted molar refractivity (Wildman–Crippen MR) is 72.6 cm³/mol. The van der Waals surface area contributed by atoms with Crippen LogP contribution < -0.4 is 10.6 Å². The Balaban J connectivity index is 1.84. The van der Waals surface area contributed by atoms with Crippen molar-refractivity contribution < 1.29 is 0 Å². The van der Waals surface area contributed by atoms with Crippen molar-refractivity contribution in [3.8, 4) is 0 Å². The van der Waals surface area contributed by atoms with Crippen LogP contribution in [0.1, 0.15) is 25.3 Å². The fraction of sp³-hybridized carbons (Fsp3) is 0.692. The normalized spacial score (nSPS) is 24.3. The van der Waals surface area contributed by atoms with Gasteiger partial charge in [0.25, 0.3) is 0 Å². The zero-order chi connectivity index (χ0) is 12.5. The molecule has 3 rings (SSSR count). The van der Waals surface area contributed by atoms with Gasteiger partial charge < -0.3 is 10.6 Å². The minimum atomic E-state index is 0.636. The summed E-state index contributed by atoms with van der Waals surface area (Å²) in [4.78, 5) is 13.6. The largest absolute Gasteiger partial charge is 0.383 e. The highest BCUT2D eigenvalue weighted by Gasteiger charge is 2.31. The molecule has 18 heavy (non-hydrogen) atoms. The Morgan fingerprint density at radius 2 is 2.22 bits per heavy atom. The standard InChI is InChI=1S/C13H21N5/c1-2-11-12(14)15-9-16-13(11)18-7-6-17-5-3-4-10(17)8-18/h9-10H,2-8H2,1H3,(H2,14,15,16). The van der Waals surface area contributed by atoms with E-state index in [0.29, 0.717) is 11.9 Å². The van der Waals surface area contributed by atoms with E-state index in [1.54, 1.807) is 6.33 Å². The van der Waals surface area contributed by atoms with Gasteiger partial charge >= 0.3 is 0 Å². The molecule has 1 aromatic rings. The molecule has 1 aromatic heterocycles. The van der Waals surface area contributed by atoms with Crippen LogP contribution in [0.3, 0.4) is 0 Å². The lowest BCUT2D eigenvalue weighted by molar-refractivity contribution is 0.230. The number of fused-ring (bicyclic) bond motifs is 1. The van der Waals surface area contributed by atoms with Gasteiger partial charge in [-0.2, -0.15) is 0 Å². The molecule has 0 bridgehead atoms. The summed E-state index contributed by atoms with van der Waals surface area (Å²) >= 11 is 0. The van der Waals surface area contributed by atoms with E-state index >= 15 is 0 Å². The molecule has 0 spiro atoms. The van der Waals surface area contributed by atoms with Crippen LogP contribution >= 0.6 is 0 Å². The first kappa shape index (κ1) is 11.7. The van der Waals surface area contributed by atoms with Gasteiger partial charge in [-0.05, 0) is 25.8 Å². The van der Waals surface area contributed by atoms with E-state index in [4.69, 9.17) is 5.73 Å². The van der Waals surface area contributed by atoms with Crippen molar-refractivity contribution in [2.24, 2.45) is 0 Å². The Kier molecular flexibility index (Phi) is 3.07. The van der Waals surface area contributed by atoms with Gasteiger partial charge in [0.05, 0.1) is 0 Å². The summed E-state index contributed by atoms with van der Waals surface area (Å²) in [6, 6.07) is 0.708. The van der Waals surface area contributed by atoms with E-state index in [2.05, 4.69) is 26.7 Å². The quantitative estimate of drug-likeness (QED) is 0.841. The second kappa shape index (κ2) is 4.72. The molecule has 0 radical (unpaired) electrons. The van der Waals surface area contributed by atoms with Crippen LogP contribution in [0, 0.1) is 0 Å². The SMILES string of the molecule is CCc1c(N)ncnc1N1CCN2CCCC2C1. The van der Waals surface area contributed by atoms with E-state index in [9.17, 15) is 0 Å². The molecule has 0 aromatic carbocycles. The second-order valence-corrected chi connectivity index (χ2v) is 5.19. The zero-order valence-corrected chi connectivity index (χ0v) is 11.0. The van der Waals surface area contributed by atoms with Crippen molar-refractivity contribution in [1.82, 2.24) is 14.9 Å².